The van der Waals surface area contributed by atoms with E-state index in [-0.39, 0.29) is 11.6 Å². The summed E-state index contributed by atoms with van der Waals surface area (Å²) in [5.41, 5.74) is 6.92. The average Bonchev–Trinajstić information content (AvgIpc) is 2.15. The second-order valence-electron chi connectivity index (χ2n) is 4.55. The molecule has 0 saturated carbocycles. The van der Waals surface area contributed by atoms with Crippen molar-refractivity contribution in [2.45, 2.75) is 31.9 Å². The van der Waals surface area contributed by atoms with Crippen LogP contribution in [0.15, 0.2) is 18.2 Å². The molecule has 1 unspecified atom stereocenters. The molecule has 0 amide bonds. The van der Waals surface area contributed by atoms with Gasteiger partial charge in [0.05, 0.1) is 7.11 Å². The van der Waals surface area contributed by atoms with Gasteiger partial charge in [-0.05, 0) is 19.9 Å². The first-order chi connectivity index (χ1) is 7.03. The lowest BCUT2D eigenvalue weighted by Crippen LogP contribution is -2.37. The highest BCUT2D eigenvalue weighted by molar-refractivity contribution is 5.49. The zero-order valence-corrected chi connectivity index (χ0v) is 9.41. The van der Waals surface area contributed by atoms with Crippen LogP contribution in [0.25, 0.3) is 0 Å². The number of ether oxygens (including phenoxy) is 2. The van der Waals surface area contributed by atoms with Crippen molar-refractivity contribution in [3.05, 3.63) is 23.8 Å². The van der Waals surface area contributed by atoms with Crippen molar-refractivity contribution in [2.24, 2.45) is 5.73 Å². The van der Waals surface area contributed by atoms with E-state index in [1.54, 1.807) is 7.11 Å². The second-order valence-corrected chi connectivity index (χ2v) is 4.55. The molecule has 15 heavy (non-hydrogen) atoms. The van der Waals surface area contributed by atoms with Crippen molar-refractivity contribution >= 4 is 0 Å². The molecule has 0 radical (unpaired) electrons. The van der Waals surface area contributed by atoms with Gasteiger partial charge in [-0.25, -0.2) is 0 Å². The molecule has 0 saturated heterocycles. The van der Waals surface area contributed by atoms with Crippen molar-refractivity contribution in [1.82, 2.24) is 0 Å². The van der Waals surface area contributed by atoms with Crippen LogP contribution in [0.5, 0.6) is 11.5 Å². The number of nitrogens with two attached hydrogens (primary N) is 1. The zero-order valence-electron chi connectivity index (χ0n) is 9.41. The monoisotopic (exact) mass is 207 g/mol. The number of methoxy groups -OCH3 is 1. The van der Waals surface area contributed by atoms with Crippen LogP contribution in [0.3, 0.4) is 0 Å². The van der Waals surface area contributed by atoms with E-state index < -0.39 is 0 Å². The van der Waals surface area contributed by atoms with Crippen LogP contribution in [-0.4, -0.2) is 12.7 Å². The van der Waals surface area contributed by atoms with Gasteiger partial charge in [-0.1, -0.05) is 12.1 Å². The van der Waals surface area contributed by atoms with Gasteiger partial charge in [0.1, 0.15) is 5.60 Å². The lowest BCUT2D eigenvalue weighted by Gasteiger charge is -2.36. The molecule has 0 fully saturated rings. The lowest BCUT2D eigenvalue weighted by molar-refractivity contribution is 0.0689. The Hall–Kier alpha value is -1.22. The fourth-order valence-corrected chi connectivity index (χ4v) is 2.05. The molecular weight excluding hydrogens is 190 g/mol. The summed E-state index contributed by atoms with van der Waals surface area (Å²) in [5.74, 6) is 1.56. The normalized spacial score (nSPS) is 22.8. The minimum Gasteiger partial charge on any atom is -0.493 e. The van der Waals surface area contributed by atoms with E-state index in [1.807, 2.05) is 32.0 Å². The quantitative estimate of drug-likeness (QED) is 0.768. The SMILES string of the molecule is COc1cccc2c1OC(C)(C)CC2N. The highest BCUT2D eigenvalue weighted by atomic mass is 16.5. The van der Waals surface area contributed by atoms with Crippen LogP contribution in [0, 0.1) is 0 Å². The number of para-hydroxylation sites is 1. The molecule has 0 spiro atoms. The molecular formula is C12H17NO2. The zero-order chi connectivity index (χ0) is 11.1. The van der Waals surface area contributed by atoms with Crippen LogP contribution in [0.1, 0.15) is 31.9 Å². The maximum absolute atomic E-state index is 6.11. The Labute approximate surface area is 90.2 Å². The second kappa shape index (κ2) is 3.42. The molecule has 2 rings (SSSR count). The molecule has 0 aromatic heterocycles. The molecule has 1 atom stereocenters. The number of rotatable bonds is 1. The Morgan fingerprint density at radius 2 is 2.20 bits per heavy atom. The van der Waals surface area contributed by atoms with E-state index in [0.29, 0.717) is 0 Å². The van der Waals surface area contributed by atoms with E-state index in [1.165, 1.54) is 0 Å². The van der Waals surface area contributed by atoms with Gasteiger partial charge in [-0.15, -0.1) is 0 Å². The Morgan fingerprint density at radius 3 is 2.87 bits per heavy atom. The van der Waals surface area contributed by atoms with Crippen molar-refractivity contribution in [3.8, 4) is 11.5 Å². The summed E-state index contributed by atoms with van der Waals surface area (Å²) < 4.78 is 11.2. The summed E-state index contributed by atoms with van der Waals surface area (Å²) in [7, 11) is 1.64. The molecule has 0 aliphatic carbocycles. The first-order valence-corrected chi connectivity index (χ1v) is 5.15. The number of hydrogen-bond donors (Lipinski definition) is 1. The van der Waals surface area contributed by atoms with Gasteiger partial charge in [0.25, 0.3) is 0 Å². The van der Waals surface area contributed by atoms with Gasteiger partial charge >= 0.3 is 0 Å². The standard InChI is InChI=1S/C12H17NO2/c1-12(2)7-9(13)8-5-4-6-10(14-3)11(8)15-12/h4-6,9H,7,13H2,1-3H3. The predicted molar refractivity (Wildman–Crippen MR) is 59.2 cm³/mol. The third-order valence-corrected chi connectivity index (χ3v) is 2.72. The maximum atomic E-state index is 6.11. The molecule has 0 bridgehead atoms. The first-order valence-electron chi connectivity index (χ1n) is 5.15. The van der Waals surface area contributed by atoms with E-state index >= 15 is 0 Å². The summed E-state index contributed by atoms with van der Waals surface area (Å²) in [6.07, 6.45) is 0.827. The summed E-state index contributed by atoms with van der Waals surface area (Å²) >= 11 is 0. The van der Waals surface area contributed by atoms with Crippen molar-refractivity contribution in [1.29, 1.82) is 0 Å². The van der Waals surface area contributed by atoms with Gasteiger partial charge in [0.15, 0.2) is 11.5 Å². The molecule has 2 N–H and O–H groups in total. The first kappa shape index (κ1) is 10.3. The van der Waals surface area contributed by atoms with Gasteiger partial charge in [-0.3, -0.25) is 0 Å². The Bertz CT molecular complexity index is 374. The predicted octanol–water partition coefficient (Wildman–Crippen LogP) is 2.26. The number of benzene rings is 1. The van der Waals surface area contributed by atoms with E-state index in [2.05, 4.69) is 0 Å². The third kappa shape index (κ3) is 1.79. The molecule has 82 valence electrons. The van der Waals surface area contributed by atoms with Gasteiger partial charge < -0.3 is 15.2 Å². The topological polar surface area (TPSA) is 44.5 Å². The van der Waals surface area contributed by atoms with Crippen LogP contribution < -0.4 is 15.2 Å². The molecule has 1 aliphatic heterocycles. The molecule has 1 aromatic carbocycles. The minimum atomic E-state index is -0.221. The molecule has 3 nitrogen and oxygen atoms in total. The summed E-state index contributed by atoms with van der Waals surface area (Å²) in [6, 6.07) is 5.86. The van der Waals surface area contributed by atoms with Crippen LogP contribution in [0.2, 0.25) is 0 Å². The highest BCUT2D eigenvalue weighted by Crippen LogP contribution is 2.43. The Morgan fingerprint density at radius 1 is 1.47 bits per heavy atom. The van der Waals surface area contributed by atoms with Gasteiger partial charge in [0.2, 0.25) is 0 Å². The smallest absolute Gasteiger partial charge is 0.166 e. The Kier molecular flexibility index (Phi) is 2.35. The molecule has 1 aromatic rings. The van der Waals surface area contributed by atoms with E-state index in [9.17, 15) is 0 Å². The van der Waals surface area contributed by atoms with E-state index in [0.717, 1.165) is 23.5 Å². The fourth-order valence-electron chi connectivity index (χ4n) is 2.05. The van der Waals surface area contributed by atoms with Gasteiger partial charge in [0, 0.05) is 18.0 Å². The lowest BCUT2D eigenvalue weighted by atomic mass is 9.90. The maximum Gasteiger partial charge on any atom is 0.166 e. The van der Waals surface area contributed by atoms with Crippen LogP contribution in [0.4, 0.5) is 0 Å². The van der Waals surface area contributed by atoms with E-state index in [4.69, 9.17) is 15.2 Å². The summed E-state index contributed by atoms with van der Waals surface area (Å²) in [5, 5.41) is 0. The minimum absolute atomic E-state index is 0.0267. The number of hydrogen-bond acceptors (Lipinski definition) is 3. The van der Waals surface area contributed by atoms with Crippen LogP contribution in [-0.2, 0) is 0 Å². The van der Waals surface area contributed by atoms with Crippen LogP contribution >= 0.6 is 0 Å². The fraction of sp³-hybridized carbons (Fsp3) is 0.500. The van der Waals surface area contributed by atoms with Gasteiger partial charge in [-0.2, -0.15) is 0 Å². The molecule has 1 heterocycles. The summed E-state index contributed by atoms with van der Waals surface area (Å²) in [4.78, 5) is 0. The van der Waals surface area contributed by atoms with Crippen molar-refractivity contribution in [2.75, 3.05) is 7.11 Å². The van der Waals surface area contributed by atoms with Crippen molar-refractivity contribution in [3.63, 3.8) is 0 Å². The molecule has 3 heteroatoms. The number of fused-ring (bicyclic) bond motifs is 1. The average molecular weight is 207 g/mol. The third-order valence-electron chi connectivity index (χ3n) is 2.72. The summed E-state index contributed by atoms with van der Waals surface area (Å²) in [6.45, 7) is 4.09. The Balaban J connectivity index is 2.50. The van der Waals surface area contributed by atoms with Crippen molar-refractivity contribution < 1.29 is 9.47 Å². The molecule has 1 aliphatic rings. The highest BCUT2D eigenvalue weighted by Gasteiger charge is 2.33. The largest absolute Gasteiger partial charge is 0.493 e.